The quantitative estimate of drug-likeness (QED) is 0.308. The zero-order chi connectivity index (χ0) is 18.0. The number of guanidine groups is 1. The van der Waals surface area contributed by atoms with Crippen LogP contribution in [-0.2, 0) is 9.47 Å². The van der Waals surface area contributed by atoms with Crippen molar-refractivity contribution in [3.63, 3.8) is 0 Å². The highest BCUT2D eigenvalue weighted by atomic mass is 127. The number of methoxy groups -OCH3 is 1. The van der Waals surface area contributed by atoms with Crippen molar-refractivity contribution >= 4 is 29.9 Å². The zero-order valence-corrected chi connectivity index (χ0v) is 19.3. The number of rotatable bonds is 9. The maximum absolute atomic E-state index is 5.50. The Bertz CT molecular complexity index is 372. The van der Waals surface area contributed by atoms with Crippen LogP contribution in [0.3, 0.4) is 0 Å². The van der Waals surface area contributed by atoms with E-state index < -0.39 is 0 Å². The Morgan fingerprint density at radius 2 is 1.88 bits per heavy atom. The number of morpholine rings is 1. The number of hydrogen-bond acceptors (Lipinski definition) is 4. The first-order valence-electron chi connectivity index (χ1n) is 9.27. The van der Waals surface area contributed by atoms with Gasteiger partial charge >= 0.3 is 0 Å². The Kier molecular flexibility index (Phi) is 13.0. The van der Waals surface area contributed by atoms with Gasteiger partial charge in [-0.3, -0.25) is 9.89 Å². The summed E-state index contributed by atoms with van der Waals surface area (Å²) in [7, 11) is 1.73. The second kappa shape index (κ2) is 13.1. The summed E-state index contributed by atoms with van der Waals surface area (Å²) < 4.78 is 11.0. The molecule has 0 aliphatic carbocycles. The number of nitrogens with zero attached hydrogens (tertiary/aromatic N) is 2. The van der Waals surface area contributed by atoms with Gasteiger partial charge in [0.25, 0.3) is 0 Å². The Hall–Kier alpha value is -0.120. The van der Waals surface area contributed by atoms with E-state index in [9.17, 15) is 0 Å². The number of aliphatic imine (C=N–C) groups is 1. The first kappa shape index (κ1) is 24.9. The van der Waals surface area contributed by atoms with Gasteiger partial charge in [-0.15, -0.1) is 24.0 Å². The summed E-state index contributed by atoms with van der Waals surface area (Å²) in [5.74, 6) is 1.54. The van der Waals surface area contributed by atoms with Crippen LogP contribution in [0, 0.1) is 5.92 Å². The van der Waals surface area contributed by atoms with Crippen LogP contribution in [0.15, 0.2) is 4.99 Å². The highest BCUT2D eigenvalue weighted by molar-refractivity contribution is 14.0. The van der Waals surface area contributed by atoms with E-state index in [2.05, 4.69) is 55.1 Å². The van der Waals surface area contributed by atoms with Gasteiger partial charge in [-0.25, -0.2) is 0 Å². The fraction of sp³-hybridized carbons (Fsp3) is 0.944. The molecule has 1 fully saturated rings. The molecule has 1 saturated heterocycles. The predicted molar refractivity (Wildman–Crippen MR) is 116 cm³/mol. The standard InChI is InChI=1S/C18H38N4O2.HI/c1-7-19-17(21-14-18(4,5)23-6)20-13-16(12-15(2)3)22-8-10-24-11-9-22;/h15-16H,7-14H2,1-6H3,(H2,19,20,21);1H. The Balaban J connectivity index is 0.00000576. The lowest BCUT2D eigenvalue weighted by Gasteiger charge is -2.35. The summed E-state index contributed by atoms with van der Waals surface area (Å²) in [6.45, 7) is 16.9. The average Bonchev–Trinajstić information content (AvgIpc) is 2.56. The molecule has 1 unspecified atom stereocenters. The van der Waals surface area contributed by atoms with Gasteiger partial charge in [0, 0.05) is 39.3 Å². The molecule has 1 heterocycles. The minimum absolute atomic E-state index is 0. The Morgan fingerprint density at radius 3 is 2.40 bits per heavy atom. The van der Waals surface area contributed by atoms with Crippen LogP contribution in [0.1, 0.15) is 41.0 Å². The van der Waals surface area contributed by atoms with Crippen molar-refractivity contribution in [2.45, 2.75) is 52.7 Å². The maximum atomic E-state index is 5.50. The molecule has 0 aromatic carbocycles. The molecule has 0 radical (unpaired) electrons. The molecule has 0 bridgehead atoms. The molecule has 1 rings (SSSR count). The van der Waals surface area contributed by atoms with E-state index in [0.717, 1.165) is 45.4 Å². The number of halogens is 1. The summed E-state index contributed by atoms with van der Waals surface area (Å²) in [5, 5.41) is 6.85. The number of ether oxygens (including phenoxy) is 2. The second-order valence-electron chi connectivity index (χ2n) is 7.47. The number of nitrogens with one attached hydrogen (secondary N) is 2. The molecule has 1 aliphatic heterocycles. The van der Waals surface area contributed by atoms with Gasteiger partial charge in [-0.2, -0.15) is 0 Å². The van der Waals surface area contributed by atoms with E-state index in [1.165, 1.54) is 6.42 Å². The molecule has 0 amide bonds. The third-order valence-electron chi connectivity index (χ3n) is 4.33. The van der Waals surface area contributed by atoms with Crippen LogP contribution >= 0.6 is 24.0 Å². The molecule has 2 N–H and O–H groups in total. The van der Waals surface area contributed by atoms with Crippen molar-refractivity contribution in [3.8, 4) is 0 Å². The molecule has 1 aliphatic rings. The first-order chi connectivity index (χ1) is 11.4. The molecule has 7 heteroatoms. The average molecular weight is 470 g/mol. The highest BCUT2D eigenvalue weighted by Crippen LogP contribution is 2.13. The lowest BCUT2D eigenvalue weighted by molar-refractivity contribution is 0.0132. The molecule has 1 atom stereocenters. The third-order valence-corrected chi connectivity index (χ3v) is 4.33. The maximum Gasteiger partial charge on any atom is 0.191 e. The summed E-state index contributed by atoms with van der Waals surface area (Å²) in [5.41, 5.74) is -0.246. The smallest absolute Gasteiger partial charge is 0.191 e. The Labute approximate surface area is 171 Å². The van der Waals surface area contributed by atoms with Crippen LogP contribution in [0.5, 0.6) is 0 Å². The van der Waals surface area contributed by atoms with Crippen LogP contribution in [0.2, 0.25) is 0 Å². The minimum Gasteiger partial charge on any atom is -0.379 e. The molecule has 6 nitrogen and oxygen atoms in total. The van der Waals surface area contributed by atoms with Crippen molar-refractivity contribution in [3.05, 3.63) is 0 Å². The number of hydrogen-bond donors (Lipinski definition) is 2. The van der Waals surface area contributed by atoms with Gasteiger partial charge < -0.3 is 20.1 Å². The summed E-state index contributed by atoms with van der Waals surface area (Å²) in [6, 6.07) is 0.508. The third kappa shape index (κ3) is 10.6. The molecule has 0 spiro atoms. The van der Waals surface area contributed by atoms with Gasteiger partial charge in [0.1, 0.15) is 0 Å². The SMILES string of the molecule is CCNC(=NCC(C)(C)OC)NCC(CC(C)C)N1CCOCC1.I. The van der Waals surface area contributed by atoms with Crippen LogP contribution in [0.25, 0.3) is 0 Å². The van der Waals surface area contributed by atoms with E-state index in [0.29, 0.717) is 18.5 Å². The summed E-state index contributed by atoms with van der Waals surface area (Å²) in [4.78, 5) is 7.22. The van der Waals surface area contributed by atoms with Crippen molar-refractivity contribution in [1.82, 2.24) is 15.5 Å². The van der Waals surface area contributed by atoms with Crippen molar-refractivity contribution < 1.29 is 9.47 Å². The fourth-order valence-corrected chi connectivity index (χ4v) is 2.74. The normalized spacial score (nSPS) is 18.0. The lowest BCUT2D eigenvalue weighted by Crippen LogP contribution is -2.51. The van der Waals surface area contributed by atoms with E-state index >= 15 is 0 Å². The van der Waals surface area contributed by atoms with E-state index in [1.54, 1.807) is 7.11 Å². The zero-order valence-electron chi connectivity index (χ0n) is 16.9. The molecular formula is C18H39IN4O2. The lowest BCUT2D eigenvalue weighted by atomic mass is 10.0. The second-order valence-corrected chi connectivity index (χ2v) is 7.47. The molecular weight excluding hydrogens is 431 g/mol. The highest BCUT2D eigenvalue weighted by Gasteiger charge is 2.22. The van der Waals surface area contributed by atoms with E-state index in [-0.39, 0.29) is 29.6 Å². The fourth-order valence-electron chi connectivity index (χ4n) is 2.74. The van der Waals surface area contributed by atoms with Crippen molar-refractivity contribution in [1.29, 1.82) is 0 Å². The predicted octanol–water partition coefficient (Wildman–Crippen LogP) is 2.33. The van der Waals surface area contributed by atoms with Crippen LogP contribution in [0.4, 0.5) is 0 Å². The van der Waals surface area contributed by atoms with E-state index in [1.807, 2.05) is 0 Å². The Morgan fingerprint density at radius 1 is 1.24 bits per heavy atom. The first-order valence-corrected chi connectivity index (χ1v) is 9.27. The van der Waals surface area contributed by atoms with Gasteiger partial charge in [0.05, 0.1) is 25.4 Å². The van der Waals surface area contributed by atoms with Crippen LogP contribution in [-0.4, -0.2) is 75.5 Å². The summed E-state index contributed by atoms with van der Waals surface area (Å²) >= 11 is 0. The van der Waals surface area contributed by atoms with Gasteiger partial charge in [-0.1, -0.05) is 13.8 Å². The molecule has 25 heavy (non-hydrogen) atoms. The van der Waals surface area contributed by atoms with Gasteiger partial charge in [0.15, 0.2) is 5.96 Å². The topological polar surface area (TPSA) is 58.1 Å². The van der Waals surface area contributed by atoms with Gasteiger partial charge in [-0.05, 0) is 33.1 Å². The summed E-state index contributed by atoms with van der Waals surface area (Å²) in [6.07, 6.45) is 1.18. The van der Waals surface area contributed by atoms with Crippen LogP contribution < -0.4 is 10.6 Å². The molecule has 0 aromatic heterocycles. The molecule has 0 aromatic rings. The largest absolute Gasteiger partial charge is 0.379 e. The van der Waals surface area contributed by atoms with Crippen molar-refractivity contribution in [2.24, 2.45) is 10.9 Å². The minimum atomic E-state index is -0.246. The molecule has 150 valence electrons. The van der Waals surface area contributed by atoms with Crippen molar-refractivity contribution in [2.75, 3.05) is 53.0 Å². The molecule has 0 saturated carbocycles. The monoisotopic (exact) mass is 470 g/mol. The van der Waals surface area contributed by atoms with Gasteiger partial charge in [0.2, 0.25) is 0 Å². The van der Waals surface area contributed by atoms with E-state index in [4.69, 9.17) is 9.47 Å².